The highest BCUT2D eigenvalue weighted by Gasteiger charge is 2.19. The Morgan fingerprint density at radius 1 is 1.10 bits per heavy atom. The third kappa shape index (κ3) is 3.23. The fourth-order valence-corrected chi connectivity index (χ4v) is 2.24. The van der Waals surface area contributed by atoms with Gasteiger partial charge < -0.3 is 14.6 Å². The molecule has 4 heteroatoms. The van der Waals surface area contributed by atoms with Crippen molar-refractivity contribution in [1.29, 1.82) is 0 Å². The number of rotatable bonds is 6. The molecule has 2 rings (SSSR count). The number of carbonyl (C=O) groups is 1. The van der Waals surface area contributed by atoms with Crippen molar-refractivity contribution >= 4 is 5.78 Å². The summed E-state index contributed by atoms with van der Waals surface area (Å²) in [6.07, 6.45) is 0.405. The molecule has 2 aromatic carbocycles. The second-order valence-electron chi connectivity index (χ2n) is 4.53. The van der Waals surface area contributed by atoms with Crippen molar-refractivity contribution in [3.8, 4) is 11.5 Å². The molecule has 4 nitrogen and oxygen atoms in total. The van der Waals surface area contributed by atoms with Crippen LogP contribution in [0.2, 0.25) is 0 Å². The maximum absolute atomic E-state index is 12.8. The van der Waals surface area contributed by atoms with E-state index in [0.29, 0.717) is 29.0 Å². The summed E-state index contributed by atoms with van der Waals surface area (Å²) in [5.74, 6) is 0.989. The molecule has 0 aliphatic carbocycles. The summed E-state index contributed by atoms with van der Waals surface area (Å²) in [5, 5.41) is 9.17. The van der Waals surface area contributed by atoms with E-state index in [2.05, 4.69) is 0 Å². The zero-order valence-electron chi connectivity index (χ0n) is 12.1. The van der Waals surface area contributed by atoms with Gasteiger partial charge in [-0.15, -0.1) is 0 Å². The van der Waals surface area contributed by atoms with Gasteiger partial charge >= 0.3 is 0 Å². The highest BCUT2D eigenvalue weighted by Crippen LogP contribution is 2.27. The molecule has 0 radical (unpaired) electrons. The Labute approximate surface area is 123 Å². The van der Waals surface area contributed by atoms with Gasteiger partial charge in [0.15, 0.2) is 5.78 Å². The van der Waals surface area contributed by atoms with Crippen LogP contribution in [0.1, 0.15) is 21.5 Å². The fraction of sp³-hybridized carbons (Fsp3) is 0.235. The van der Waals surface area contributed by atoms with Gasteiger partial charge in [-0.1, -0.05) is 24.3 Å². The van der Waals surface area contributed by atoms with Gasteiger partial charge in [0.2, 0.25) is 0 Å². The molecule has 110 valence electrons. The number of methoxy groups -OCH3 is 2. The normalized spacial score (nSPS) is 10.2. The van der Waals surface area contributed by atoms with E-state index >= 15 is 0 Å². The van der Waals surface area contributed by atoms with Gasteiger partial charge in [0, 0.05) is 12.2 Å². The SMILES string of the molecule is COc1cccc(C(=O)c2c(CCO)cccc2OC)c1. The van der Waals surface area contributed by atoms with Gasteiger partial charge in [-0.05, 0) is 30.2 Å². The summed E-state index contributed by atoms with van der Waals surface area (Å²) in [7, 11) is 3.09. The maximum atomic E-state index is 12.8. The van der Waals surface area contributed by atoms with Crippen molar-refractivity contribution in [3.63, 3.8) is 0 Å². The molecule has 2 aromatic rings. The van der Waals surface area contributed by atoms with Crippen molar-refractivity contribution in [2.45, 2.75) is 6.42 Å². The van der Waals surface area contributed by atoms with Gasteiger partial charge in [-0.25, -0.2) is 0 Å². The topological polar surface area (TPSA) is 55.8 Å². The molecule has 0 aromatic heterocycles. The number of hydrogen-bond donors (Lipinski definition) is 1. The standard InChI is InChI=1S/C17H18O4/c1-20-14-7-3-6-13(11-14)17(19)16-12(9-10-18)5-4-8-15(16)21-2/h3-8,11,18H,9-10H2,1-2H3. The Hall–Kier alpha value is -2.33. The molecular formula is C17H18O4. The smallest absolute Gasteiger partial charge is 0.197 e. The first-order valence-electron chi connectivity index (χ1n) is 6.66. The van der Waals surface area contributed by atoms with Crippen LogP contribution in [0.4, 0.5) is 0 Å². The fourth-order valence-electron chi connectivity index (χ4n) is 2.24. The molecule has 0 aliphatic heterocycles. The third-order valence-electron chi connectivity index (χ3n) is 3.27. The Morgan fingerprint density at radius 3 is 2.52 bits per heavy atom. The summed E-state index contributed by atoms with van der Waals surface area (Å²) >= 11 is 0. The van der Waals surface area contributed by atoms with E-state index < -0.39 is 0 Å². The van der Waals surface area contributed by atoms with Crippen LogP contribution in [0.25, 0.3) is 0 Å². The molecule has 0 saturated carbocycles. The van der Waals surface area contributed by atoms with Crippen LogP contribution in [0.15, 0.2) is 42.5 Å². The summed E-state index contributed by atoms with van der Waals surface area (Å²) in [5.41, 5.74) is 1.78. The quantitative estimate of drug-likeness (QED) is 0.829. The molecule has 21 heavy (non-hydrogen) atoms. The van der Waals surface area contributed by atoms with Crippen LogP contribution in [0, 0.1) is 0 Å². The van der Waals surface area contributed by atoms with Gasteiger partial charge in [-0.3, -0.25) is 4.79 Å². The first-order valence-corrected chi connectivity index (χ1v) is 6.66. The molecule has 0 bridgehead atoms. The second kappa shape index (κ2) is 6.90. The largest absolute Gasteiger partial charge is 0.497 e. The van der Waals surface area contributed by atoms with Gasteiger partial charge in [-0.2, -0.15) is 0 Å². The zero-order chi connectivity index (χ0) is 15.2. The number of carbonyl (C=O) groups excluding carboxylic acids is 1. The van der Waals surface area contributed by atoms with E-state index in [9.17, 15) is 9.90 Å². The lowest BCUT2D eigenvalue weighted by Gasteiger charge is -2.13. The Kier molecular flexibility index (Phi) is 4.95. The second-order valence-corrected chi connectivity index (χ2v) is 4.53. The van der Waals surface area contributed by atoms with Crippen LogP contribution in [0.5, 0.6) is 11.5 Å². The van der Waals surface area contributed by atoms with Crippen molar-refractivity contribution in [2.75, 3.05) is 20.8 Å². The number of aliphatic hydroxyl groups excluding tert-OH is 1. The van der Waals surface area contributed by atoms with Gasteiger partial charge in [0.05, 0.1) is 19.8 Å². The minimum atomic E-state index is -0.144. The Morgan fingerprint density at radius 2 is 1.86 bits per heavy atom. The van der Waals surface area contributed by atoms with Crippen LogP contribution in [-0.2, 0) is 6.42 Å². The highest BCUT2D eigenvalue weighted by atomic mass is 16.5. The van der Waals surface area contributed by atoms with Crippen molar-refractivity contribution in [3.05, 3.63) is 59.2 Å². The number of ether oxygens (including phenoxy) is 2. The van der Waals surface area contributed by atoms with E-state index in [1.54, 1.807) is 37.4 Å². The lowest BCUT2D eigenvalue weighted by Crippen LogP contribution is -2.09. The number of aliphatic hydroxyl groups is 1. The number of benzene rings is 2. The molecule has 0 fully saturated rings. The predicted octanol–water partition coefficient (Wildman–Crippen LogP) is 2.47. The van der Waals surface area contributed by atoms with Crippen LogP contribution >= 0.6 is 0 Å². The van der Waals surface area contributed by atoms with Crippen LogP contribution in [-0.4, -0.2) is 31.7 Å². The van der Waals surface area contributed by atoms with Crippen molar-refractivity contribution in [2.24, 2.45) is 0 Å². The molecule has 0 amide bonds. The lowest BCUT2D eigenvalue weighted by molar-refractivity contribution is 0.103. The lowest BCUT2D eigenvalue weighted by atomic mass is 9.95. The molecule has 0 atom stereocenters. The molecule has 0 heterocycles. The number of ketones is 1. The third-order valence-corrected chi connectivity index (χ3v) is 3.27. The molecule has 0 unspecified atom stereocenters. The van der Waals surface area contributed by atoms with Crippen molar-refractivity contribution < 1.29 is 19.4 Å². The molecular weight excluding hydrogens is 268 g/mol. The summed E-state index contributed by atoms with van der Waals surface area (Å²) in [4.78, 5) is 12.8. The van der Waals surface area contributed by atoms with Crippen LogP contribution < -0.4 is 9.47 Å². The van der Waals surface area contributed by atoms with Crippen molar-refractivity contribution in [1.82, 2.24) is 0 Å². The highest BCUT2D eigenvalue weighted by molar-refractivity contribution is 6.11. The van der Waals surface area contributed by atoms with Gasteiger partial charge in [0.1, 0.15) is 11.5 Å². The maximum Gasteiger partial charge on any atom is 0.197 e. The van der Waals surface area contributed by atoms with E-state index in [0.717, 1.165) is 5.56 Å². The average molecular weight is 286 g/mol. The molecule has 0 saturated heterocycles. The molecule has 1 N–H and O–H groups in total. The Bertz CT molecular complexity index is 634. The Balaban J connectivity index is 2.50. The number of hydrogen-bond acceptors (Lipinski definition) is 4. The molecule has 0 aliphatic rings. The van der Waals surface area contributed by atoms with E-state index in [4.69, 9.17) is 9.47 Å². The van der Waals surface area contributed by atoms with E-state index in [1.807, 2.05) is 12.1 Å². The zero-order valence-corrected chi connectivity index (χ0v) is 12.1. The average Bonchev–Trinajstić information content (AvgIpc) is 2.54. The van der Waals surface area contributed by atoms with E-state index in [-0.39, 0.29) is 12.4 Å². The van der Waals surface area contributed by atoms with E-state index in [1.165, 1.54) is 7.11 Å². The summed E-state index contributed by atoms with van der Waals surface area (Å²) < 4.78 is 10.4. The minimum Gasteiger partial charge on any atom is -0.497 e. The summed E-state index contributed by atoms with van der Waals surface area (Å²) in [6, 6.07) is 12.4. The first-order chi connectivity index (χ1) is 10.2. The first kappa shape index (κ1) is 15.1. The molecule has 0 spiro atoms. The van der Waals surface area contributed by atoms with Gasteiger partial charge in [0.25, 0.3) is 0 Å². The monoisotopic (exact) mass is 286 g/mol. The minimum absolute atomic E-state index is 0.0223. The summed E-state index contributed by atoms with van der Waals surface area (Å²) in [6.45, 7) is -0.0223. The van der Waals surface area contributed by atoms with Crippen LogP contribution in [0.3, 0.4) is 0 Å². The predicted molar refractivity (Wildman–Crippen MR) is 80.2 cm³/mol.